The Bertz CT molecular complexity index is 1490. The number of benzene rings is 3. The molecule has 1 aliphatic rings. The minimum absolute atomic E-state index is 0.0181. The van der Waals surface area contributed by atoms with E-state index in [1.165, 1.54) is 33.8 Å². The Morgan fingerprint density at radius 3 is 2.57 bits per heavy atom. The fraction of sp³-hybridized carbons (Fsp3) is 0.154. The van der Waals surface area contributed by atoms with Gasteiger partial charge in [-0.25, -0.2) is 18.2 Å². The Morgan fingerprint density at radius 1 is 1.03 bits per heavy atom. The van der Waals surface area contributed by atoms with Crippen molar-refractivity contribution < 1.29 is 17.9 Å². The van der Waals surface area contributed by atoms with Crippen molar-refractivity contribution in [3.05, 3.63) is 106 Å². The summed E-state index contributed by atoms with van der Waals surface area (Å²) in [5.74, 6) is -0.642. The van der Waals surface area contributed by atoms with Gasteiger partial charge in [-0.05, 0) is 35.7 Å². The van der Waals surface area contributed by atoms with Gasteiger partial charge in [-0.2, -0.15) is 4.31 Å². The number of ether oxygens (including phenoxy) is 1. The lowest BCUT2D eigenvalue weighted by molar-refractivity contribution is 0.0468. The van der Waals surface area contributed by atoms with E-state index in [0.29, 0.717) is 18.7 Å². The highest BCUT2D eigenvalue weighted by Gasteiger charge is 2.30. The van der Waals surface area contributed by atoms with Crippen LogP contribution < -0.4 is 0 Å². The Balaban J connectivity index is 1.31. The van der Waals surface area contributed by atoms with Crippen LogP contribution in [-0.2, 0) is 34.3 Å². The number of rotatable bonds is 6. The van der Waals surface area contributed by atoms with Crippen molar-refractivity contribution in [2.45, 2.75) is 24.5 Å². The molecule has 0 bridgehead atoms. The summed E-state index contributed by atoms with van der Waals surface area (Å²) in [6.45, 7) is 0.588. The van der Waals surface area contributed by atoms with Gasteiger partial charge >= 0.3 is 5.97 Å². The molecule has 0 spiro atoms. The van der Waals surface area contributed by atoms with Crippen molar-refractivity contribution in [2.24, 2.45) is 0 Å². The lowest BCUT2D eigenvalue weighted by atomic mass is 10.0. The van der Waals surface area contributed by atoms with E-state index in [4.69, 9.17) is 16.3 Å². The van der Waals surface area contributed by atoms with Crippen LogP contribution in [0.15, 0.2) is 83.1 Å². The molecule has 4 aromatic rings. The average Bonchev–Trinajstić information content (AvgIpc) is 3.37. The number of esters is 1. The average molecular weight is 525 g/mol. The monoisotopic (exact) mass is 524 g/mol. The summed E-state index contributed by atoms with van der Waals surface area (Å²) >= 11 is 7.74. The summed E-state index contributed by atoms with van der Waals surface area (Å²) in [6.07, 6.45) is 0.618. The zero-order valence-electron chi connectivity index (χ0n) is 18.6. The highest BCUT2D eigenvalue weighted by molar-refractivity contribution is 7.89. The van der Waals surface area contributed by atoms with E-state index in [-0.39, 0.29) is 28.6 Å². The molecule has 6 nitrogen and oxygen atoms in total. The number of halogens is 1. The molecule has 35 heavy (non-hydrogen) atoms. The predicted molar refractivity (Wildman–Crippen MR) is 136 cm³/mol. The van der Waals surface area contributed by atoms with E-state index in [9.17, 15) is 13.2 Å². The van der Waals surface area contributed by atoms with Crippen LogP contribution in [0.25, 0.3) is 10.6 Å². The first-order valence-electron chi connectivity index (χ1n) is 11.0. The maximum absolute atomic E-state index is 13.4. The van der Waals surface area contributed by atoms with Crippen molar-refractivity contribution in [2.75, 3.05) is 6.54 Å². The number of nitrogens with zero attached hydrogens (tertiary/aromatic N) is 2. The smallest absolute Gasteiger partial charge is 0.338 e. The molecule has 0 amide bonds. The van der Waals surface area contributed by atoms with Gasteiger partial charge in [-0.1, -0.05) is 66.2 Å². The third-order valence-corrected chi connectivity index (χ3v) is 9.07. The quantitative estimate of drug-likeness (QED) is 0.308. The van der Waals surface area contributed by atoms with Crippen LogP contribution in [0.5, 0.6) is 0 Å². The Kier molecular flexibility index (Phi) is 6.71. The minimum atomic E-state index is -3.90. The van der Waals surface area contributed by atoms with Crippen LogP contribution in [0.2, 0.25) is 5.02 Å². The summed E-state index contributed by atoms with van der Waals surface area (Å²) in [5.41, 5.74) is 3.83. The second-order valence-corrected chi connectivity index (χ2v) is 11.3. The summed E-state index contributed by atoms with van der Waals surface area (Å²) in [5, 5.41) is 2.73. The second kappa shape index (κ2) is 9.91. The molecule has 2 heterocycles. The lowest BCUT2D eigenvalue weighted by Crippen LogP contribution is -2.36. The summed E-state index contributed by atoms with van der Waals surface area (Å²) < 4.78 is 33.6. The van der Waals surface area contributed by atoms with E-state index in [1.807, 2.05) is 60.0 Å². The molecule has 0 atom stereocenters. The summed E-state index contributed by atoms with van der Waals surface area (Å²) in [6, 6.07) is 21.7. The van der Waals surface area contributed by atoms with Crippen LogP contribution in [-0.4, -0.2) is 30.2 Å². The van der Waals surface area contributed by atoms with Crippen LogP contribution in [0.1, 0.15) is 27.2 Å². The number of carbonyl (C=O) groups excluding carboxylic acids is 1. The number of thiazole rings is 1. The van der Waals surface area contributed by atoms with E-state index in [2.05, 4.69) is 4.98 Å². The molecular weight excluding hydrogens is 504 g/mol. The highest BCUT2D eigenvalue weighted by atomic mass is 35.5. The van der Waals surface area contributed by atoms with E-state index < -0.39 is 16.0 Å². The minimum Gasteiger partial charge on any atom is -0.456 e. The first-order chi connectivity index (χ1) is 16.9. The molecule has 1 aromatic heterocycles. The molecule has 0 unspecified atom stereocenters. The normalized spacial score (nSPS) is 13.9. The van der Waals surface area contributed by atoms with Crippen molar-refractivity contribution in [3.8, 4) is 10.6 Å². The molecule has 0 radical (unpaired) electrons. The molecule has 0 aliphatic carbocycles. The summed E-state index contributed by atoms with van der Waals surface area (Å²) in [4.78, 5) is 17.1. The topological polar surface area (TPSA) is 76.6 Å². The van der Waals surface area contributed by atoms with Crippen LogP contribution in [0.3, 0.4) is 0 Å². The van der Waals surface area contributed by atoms with E-state index >= 15 is 0 Å². The number of sulfonamides is 1. The largest absolute Gasteiger partial charge is 0.456 e. The Morgan fingerprint density at radius 2 is 1.77 bits per heavy atom. The van der Waals surface area contributed by atoms with Crippen molar-refractivity contribution in [1.82, 2.24) is 9.29 Å². The number of hydrogen-bond acceptors (Lipinski definition) is 6. The van der Waals surface area contributed by atoms with Gasteiger partial charge < -0.3 is 4.74 Å². The van der Waals surface area contributed by atoms with E-state index in [0.717, 1.165) is 21.7 Å². The lowest BCUT2D eigenvalue weighted by Gasteiger charge is -2.28. The number of carbonyl (C=O) groups is 1. The Labute approximate surface area is 212 Å². The molecule has 9 heteroatoms. The number of aromatic nitrogens is 1. The number of hydrogen-bond donors (Lipinski definition) is 0. The maximum atomic E-state index is 13.4. The predicted octanol–water partition coefficient (Wildman–Crippen LogP) is 5.57. The third kappa shape index (κ3) is 5.01. The van der Waals surface area contributed by atoms with Gasteiger partial charge in [0.2, 0.25) is 10.0 Å². The van der Waals surface area contributed by atoms with Crippen LogP contribution in [0, 0.1) is 0 Å². The van der Waals surface area contributed by atoms with Gasteiger partial charge in [-0.15, -0.1) is 11.3 Å². The number of fused-ring (bicyclic) bond motifs is 1. The second-order valence-electron chi connectivity index (χ2n) is 8.09. The molecule has 0 fully saturated rings. The maximum Gasteiger partial charge on any atom is 0.338 e. The SMILES string of the molecule is O=C(OCc1csc(-c2ccccc2)n1)c1ccc(Cl)c(S(=O)(=O)N2CCc3ccccc3C2)c1. The third-order valence-electron chi connectivity index (χ3n) is 5.80. The molecule has 0 saturated carbocycles. The van der Waals surface area contributed by atoms with Crippen molar-refractivity contribution in [1.29, 1.82) is 0 Å². The fourth-order valence-electron chi connectivity index (χ4n) is 3.95. The summed E-state index contributed by atoms with van der Waals surface area (Å²) in [7, 11) is -3.90. The first kappa shape index (κ1) is 23.7. The van der Waals surface area contributed by atoms with Crippen LogP contribution >= 0.6 is 22.9 Å². The van der Waals surface area contributed by atoms with Gasteiger partial charge in [0.15, 0.2) is 0 Å². The van der Waals surface area contributed by atoms with Crippen LogP contribution in [0.4, 0.5) is 0 Å². The van der Waals surface area contributed by atoms with Gasteiger partial charge in [0.25, 0.3) is 0 Å². The standard InChI is InChI=1S/C26H21ClN2O4S2/c27-23-11-10-20(26(30)33-16-22-17-34-25(28-22)19-7-2-1-3-8-19)14-24(23)35(31,32)29-13-12-18-6-4-5-9-21(18)15-29/h1-11,14,17H,12-13,15-16H2. The highest BCUT2D eigenvalue weighted by Crippen LogP contribution is 2.30. The Hall–Kier alpha value is -3.04. The zero-order valence-corrected chi connectivity index (χ0v) is 20.9. The zero-order chi connectivity index (χ0) is 24.4. The molecule has 5 rings (SSSR count). The molecule has 178 valence electrons. The van der Waals surface area contributed by atoms with Gasteiger partial charge in [0.1, 0.15) is 16.5 Å². The molecular formula is C26H21ClN2O4S2. The van der Waals surface area contributed by atoms with Crippen molar-refractivity contribution in [3.63, 3.8) is 0 Å². The van der Waals surface area contributed by atoms with Crippen molar-refractivity contribution >= 4 is 38.9 Å². The first-order valence-corrected chi connectivity index (χ1v) is 13.6. The van der Waals surface area contributed by atoms with Gasteiger partial charge in [-0.3, -0.25) is 0 Å². The van der Waals surface area contributed by atoms with Gasteiger partial charge in [0.05, 0.1) is 16.3 Å². The molecule has 0 saturated heterocycles. The van der Waals surface area contributed by atoms with E-state index in [1.54, 1.807) is 0 Å². The molecule has 1 aliphatic heterocycles. The fourth-order valence-corrected chi connectivity index (χ4v) is 6.68. The van der Waals surface area contributed by atoms with Gasteiger partial charge in [0, 0.05) is 24.0 Å². The molecule has 0 N–H and O–H groups in total. The molecule has 3 aromatic carbocycles.